The fourth-order valence-electron chi connectivity index (χ4n) is 1.73. The summed E-state index contributed by atoms with van der Waals surface area (Å²) >= 11 is 0. The van der Waals surface area contributed by atoms with Crippen LogP contribution in [-0.2, 0) is 13.0 Å². The molecular weight excluding hydrogens is 234 g/mol. The van der Waals surface area contributed by atoms with E-state index in [9.17, 15) is 10.1 Å². The minimum atomic E-state index is -0.422. The molecule has 0 fully saturated rings. The molecule has 0 aliphatic heterocycles. The van der Waals surface area contributed by atoms with E-state index in [2.05, 4.69) is 10.3 Å². The molecule has 0 aliphatic rings. The number of hydrogen-bond acceptors (Lipinski definition) is 5. The molecule has 2 aromatic rings. The number of nitrogens with zero attached hydrogens (tertiary/aromatic N) is 4. The van der Waals surface area contributed by atoms with Crippen LogP contribution in [0.5, 0.6) is 0 Å². The minimum absolute atomic E-state index is 0.0765. The Morgan fingerprint density at radius 2 is 2.06 bits per heavy atom. The average Bonchev–Trinajstić information content (AvgIpc) is 2.70. The maximum absolute atomic E-state index is 10.5. The molecule has 0 spiro atoms. The third-order valence-corrected chi connectivity index (χ3v) is 2.68. The summed E-state index contributed by atoms with van der Waals surface area (Å²) in [7, 11) is 0. The fourth-order valence-corrected chi connectivity index (χ4v) is 1.73. The van der Waals surface area contributed by atoms with Gasteiger partial charge in [-0.05, 0) is 12.0 Å². The van der Waals surface area contributed by atoms with Crippen molar-refractivity contribution >= 4 is 11.5 Å². The Morgan fingerprint density at radius 1 is 1.39 bits per heavy atom. The van der Waals surface area contributed by atoms with E-state index in [1.807, 2.05) is 6.92 Å². The number of aromatic nitrogens is 3. The molecule has 0 atom stereocenters. The van der Waals surface area contributed by atoms with E-state index in [1.165, 1.54) is 12.1 Å². The van der Waals surface area contributed by atoms with Crippen molar-refractivity contribution in [3.05, 3.63) is 45.6 Å². The highest BCUT2D eigenvalue weighted by atomic mass is 16.6. The standard InChI is InChI=1S/C11H13N5O2/c1-2-10-11(12)13-14-15(10)7-8-3-5-9(6-4-8)16(17)18/h3-6H,2,7,12H2,1H3. The number of benzene rings is 1. The van der Waals surface area contributed by atoms with Crippen LogP contribution in [0.3, 0.4) is 0 Å². The van der Waals surface area contributed by atoms with Gasteiger partial charge in [0.15, 0.2) is 5.82 Å². The van der Waals surface area contributed by atoms with Gasteiger partial charge in [0, 0.05) is 12.1 Å². The largest absolute Gasteiger partial charge is 0.381 e. The molecule has 0 bridgehead atoms. The van der Waals surface area contributed by atoms with Crippen LogP contribution in [0, 0.1) is 10.1 Å². The van der Waals surface area contributed by atoms with Crippen molar-refractivity contribution in [1.82, 2.24) is 15.0 Å². The first kappa shape index (κ1) is 12.0. The van der Waals surface area contributed by atoms with Crippen molar-refractivity contribution in [2.75, 3.05) is 5.73 Å². The van der Waals surface area contributed by atoms with Crippen LogP contribution in [0.25, 0.3) is 0 Å². The summed E-state index contributed by atoms with van der Waals surface area (Å²) in [5, 5.41) is 18.3. The molecule has 0 aliphatic carbocycles. The molecule has 7 nitrogen and oxygen atoms in total. The zero-order valence-electron chi connectivity index (χ0n) is 9.91. The Hall–Kier alpha value is -2.44. The normalized spacial score (nSPS) is 10.5. The van der Waals surface area contributed by atoms with Gasteiger partial charge < -0.3 is 5.73 Å². The maximum Gasteiger partial charge on any atom is 0.269 e. The Kier molecular flexibility index (Phi) is 3.22. The Morgan fingerprint density at radius 3 is 2.61 bits per heavy atom. The van der Waals surface area contributed by atoms with Crippen LogP contribution in [0.2, 0.25) is 0 Å². The smallest absolute Gasteiger partial charge is 0.269 e. The van der Waals surface area contributed by atoms with E-state index in [0.29, 0.717) is 12.4 Å². The number of non-ortho nitro benzene ring substituents is 1. The molecule has 0 saturated heterocycles. The first-order valence-electron chi connectivity index (χ1n) is 5.53. The van der Waals surface area contributed by atoms with Gasteiger partial charge in [-0.15, -0.1) is 5.10 Å². The number of anilines is 1. The quantitative estimate of drug-likeness (QED) is 0.649. The molecule has 94 valence electrons. The Balaban J connectivity index is 2.20. The summed E-state index contributed by atoms with van der Waals surface area (Å²) in [6, 6.07) is 6.35. The summed E-state index contributed by atoms with van der Waals surface area (Å²) in [6.45, 7) is 2.48. The number of hydrogen-bond donors (Lipinski definition) is 1. The minimum Gasteiger partial charge on any atom is -0.381 e. The monoisotopic (exact) mass is 247 g/mol. The van der Waals surface area contributed by atoms with Crippen LogP contribution < -0.4 is 5.73 Å². The highest BCUT2D eigenvalue weighted by molar-refractivity contribution is 5.35. The maximum atomic E-state index is 10.5. The molecule has 1 aromatic heterocycles. The molecule has 1 aromatic carbocycles. The molecule has 0 saturated carbocycles. The molecule has 1 heterocycles. The van der Waals surface area contributed by atoms with Crippen molar-refractivity contribution < 1.29 is 4.92 Å². The van der Waals surface area contributed by atoms with Crippen molar-refractivity contribution in [2.45, 2.75) is 19.9 Å². The van der Waals surface area contributed by atoms with Crippen LogP contribution in [-0.4, -0.2) is 19.9 Å². The Bertz CT molecular complexity index is 561. The second kappa shape index (κ2) is 4.82. The predicted octanol–water partition coefficient (Wildman–Crippen LogP) is 1.38. The van der Waals surface area contributed by atoms with E-state index in [1.54, 1.807) is 16.8 Å². The lowest BCUT2D eigenvalue weighted by molar-refractivity contribution is -0.384. The van der Waals surface area contributed by atoms with Crippen molar-refractivity contribution in [1.29, 1.82) is 0 Å². The molecular formula is C11H13N5O2. The van der Waals surface area contributed by atoms with E-state index in [-0.39, 0.29) is 5.69 Å². The summed E-state index contributed by atoms with van der Waals surface area (Å²) in [4.78, 5) is 10.1. The SMILES string of the molecule is CCc1c(N)nnn1Cc1ccc([N+](=O)[O-])cc1. The second-order valence-electron chi connectivity index (χ2n) is 3.86. The molecule has 0 amide bonds. The van der Waals surface area contributed by atoms with Gasteiger partial charge in [-0.1, -0.05) is 24.3 Å². The van der Waals surface area contributed by atoms with E-state index in [4.69, 9.17) is 5.73 Å². The van der Waals surface area contributed by atoms with Gasteiger partial charge in [-0.25, -0.2) is 4.68 Å². The molecule has 2 N–H and O–H groups in total. The van der Waals surface area contributed by atoms with Gasteiger partial charge in [0.2, 0.25) is 0 Å². The number of nitrogens with two attached hydrogens (primary N) is 1. The third-order valence-electron chi connectivity index (χ3n) is 2.68. The average molecular weight is 247 g/mol. The van der Waals surface area contributed by atoms with Gasteiger partial charge in [0.25, 0.3) is 5.69 Å². The second-order valence-corrected chi connectivity index (χ2v) is 3.86. The first-order chi connectivity index (χ1) is 8.61. The lowest BCUT2D eigenvalue weighted by atomic mass is 10.2. The fraction of sp³-hybridized carbons (Fsp3) is 0.273. The van der Waals surface area contributed by atoms with Crippen LogP contribution in [0.15, 0.2) is 24.3 Å². The van der Waals surface area contributed by atoms with E-state index in [0.717, 1.165) is 17.7 Å². The summed E-state index contributed by atoms with van der Waals surface area (Å²) in [5.41, 5.74) is 7.55. The zero-order valence-corrected chi connectivity index (χ0v) is 9.91. The highest BCUT2D eigenvalue weighted by Gasteiger charge is 2.09. The molecule has 7 heteroatoms. The highest BCUT2D eigenvalue weighted by Crippen LogP contribution is 2.14. The lowest BCUT2D eigenvalue weighted by Crippen LogP contribution is -2.06. The summed E-state index contributed by atoms with van der Waals surface area (Å²) in [5.74, 6) is 0.430. The van der Waals surface area contributed by atoms with Crippen LogP contribution in [0.4, 0.5) is 11.5 Å². The van der Waals surface area contributed by atoms with E-state index < -0.39 is 4.92 Å². The number of nitrogen functional groups attached to an aromatic ring is 1. The third kappa shape index (κ3) is 2.29. The van der Waals surface area contributed by atoms with Gasteiger partial charge in [0.05, 0.1) is 17.2 Å². The van der Waals surface area contributed by atoms with Gasteiger partial charge in [0.1, 0.15) is 0 Å². The van der Waals surface area contributed by atoms with Crippen LogP contribution in [0.1, 0.15) is 18.2 Å². The topological polar surface area (TPSA) is 99.9 Å². The van der Waals surface area contributed by atoms with Gasteiger partial charge >= 0.3 is 0 Å². The van der Waals surface area contributed by atoms with E-state index >= 15 is 0 Å². The predicted molar refractivity (Wildman–Crippen MR) is 66.0 cm³/mol. The lowest BCUT2D eigenvalue weighted by Gasteiger charge is -2.04. The first-order valence-corrected chi connectivity index (χ1v) is 5.53. The molecule has 0 unspecified atom stereocenters. The van der Waals surface area contributed by atoms with Crippen molar-refractivity contribution in [3.63, 3.8) is 0 Å². The van der Waals surface area contributed by atoms with Gasteiger partial charge in [-0.3, -0.25) is 10.1 Å². The van der Waals surface area contributed by atoms with Crippen LogP contribution >= 0.6 is 0 Å². The zero-order chi connectivity index (χ0) is 13.1. The number of rotatable bonds is 4. The summed E-state index contributed by atoms with van der Waals surface area (Å²) < 4.78 is 1.70. The Labute approximate surface area is 103 Å². The van der Waals surface area contributed by atoms with Gasteiger partial charge in [-0.2, -0.15) is 0 Å². The molecule has 2 rings (SSSR count). The van der Waals surface area contributed by atoms with Crippen molar-refractivity contribution in [3.8, 4) is 0 Å². The number of nitro groups is 1. The number of nitro benzene ring substituents is 1. The van der Waals surface area contributed by atoms with Crippen molar-refractivity contribution in [2.24, 2.45) is 0 Å². The molecule has 0 radical (unpaired) electrons. The molecule has 18 heavy (non-hydrogen) atoms. The summed E-state index contributed by atoms with van der Waals surface area (Å²) in [6.07, 6.45) is 0.742.